The Labute approximate surface area is 138 Å². The molecule has 0 saturated carbocycles. The number of hydrogen-bond acceptors (Lipinski definition) is 2. The molecule has 1 aliphatic heterocycles. The van der Waals surface area contributed by atoms with Crippen LogP contribution in [0.2, 0.25) is 0 Å². The van der Waals surface area contributed by atoms with Crippen LogP contribution in [0.1, 0.15) is 18.1 Å². The Bertz CT molecular complexity index is 576. The van der Waals surface area contributed by atoms with E-state index in [4.69, 9.17) is 0 Å². The van der Waals surface area contributed by atoms with Crippen LogP contribution >= 0.6 is 0 Å². The predicted molar refractivity (Wildman–Crippen MR) is 73.1 cm³/mol. The molecule has 0 saturated heterocycles. The van der Waals surface area contributed by atoms with Crippen molar-refractivity contribution in [3.8, 4) is 0 Å². The van der Waals surface area contributed by atoms with Gasteiger partial charge < -0.3 is 9.69 Å². The number of rotatable bonds is 1. The van der Waals surface area contributed by atoms with Gasteiger partial charge in [0, 0.05) is 51.1 Å². The molecule has 0 aliphatic carbocycles. The molecule has 2 nitrogen and oxygen atoms in total. The average molecular weight is 325 g/mol. The van der Waals surface area contributed by atoms with E-state index in [1.165, 1.54) is 0 Å². The second kappa shape index (κ2) is 5.18. The Morgan fingerprint density at radius 1 is 0.947 bits per heavy atom. The molecule has 3 heteroatoms. The maximum Gasteiger partial charge on any atom is 0.0425 e. The van der Waals surface area contributed by atoms with Crippen molar-refractivity contribution < 1.29 is 37.5 Å². The fourth-order valence-corrected chi connectivity index (χ4v) is 2.76. The zero-order chi connectivity index (χ0) is 12.8. The van der Waals surface area contributed by atoms with Crippen LogP contribution in [-0.2, 0) is 42.9 Å². The minimum atomic E-state index is -0.681. The second-order valence-electron chi connectivity index (χ2n) is 4.82. The molecule has 0 amide bonds. The first-order valence-corrected chi connectivity index (χ1v) is 6.00. The summed E-state index contributed by atoms with van der Waals surface area (Å²) in [6.07, 6.45) is 2.24. The third kappa shape index (κ3) is 1.98. The van der Waals surface area contributed by atoms with Gasteiger partial charge >= 0.3 is 0 Å². The number of anilines is 2. The summed E-state index contributed by atoms with van der Waals surface area (Å²) in [6, 6.07) is 16.0. The third-order valence-electron chi connectivity index (χ3n) is 3.81. The fraction of sp³-hybridized carbons (Fsp3) is 0.188. The van der Waals surface area contributed by atoms with E-state index in [0.29, 0.717) is 0 Å². The first kappa shape index (κ1) is 14.4. The van der Waals surface area contributed by atoms with E-state index < -0.39 is 5.41 Å². The smallest absolute Gasteiger partial charge is 0.0425 e. The summed E-state index contributed by atoms with van der Waals surface area (Å²) in [5.41, 5.74) is 3.49. The zero-order valence-corrected chi connectivity index (χ0v) is 13.9. The maximum atomic E-state index is 11.6. The summed E-state index contributed by atoms with van der Waals surface area (Å²) in [7, 11) is 2.03. The first-order chi connectivity index (χ1) is 8.68. The van der Waals surface area contributed by atoms with Crippen LogP contribution in [0.25, 0.3) is 0 Å². The molecule has 3 rings (SSSR count). The van der Waals surface area contributed by atoms with Crippen molar-refractivity contribution in [1.82, 2.24) is 0 Å². The number of fused-ring (bicyclic) bond motifs is 2. The number of nitrogens with zero attached hydrogens (tertiary/aromatic N) is 1. The van der Waals surface area contributed by atoms with Crippen LogP contribution in [-0.4, -0.2) is 13.3 Å². The van der Waals surface area contributed by atoms with Crippen molar-refractivity contribution in [2.45, 2.75) is 12.3 Å². The Hall–Kier alpha value is -0.986. The quantitative estimate of drug-likeness (QED) is 0.751. The molecule has 93 valence electrons. The summed E-state index contributed by atoms with van der Waals surface area (Å²) in [5, 5.41) is 0. The van der Waals surface area contributed by atoms with Crippen LogP contribution in [0.3, 0.4) is 0 Å². The fourth-order valence-electron chi connectivity index (χ4n) is 2.76. The van der Waals surface area contributed by atoms with Gasteiger partial charge in [-0.2, -0.15) is 0 Å². The Morgan fingerprint density at radius 3 is 1.79 bits per heavy atom. The molecule has 0 unspecified atom stereocenters. The molecule has 1 heterocycles. The van der Waals surface area contributed by atoms with Crippen molar-refractivity contribution in [2.24, 2.45) is 0 Å². The van der Waals surface area contributed by atoms with Crippen molar-refractivity contribution in [3.05, 3.63) is 59.7 Å². The molecule has 0 spiro atoms. The van der Waals surface area contributed by atoms with Gasteiger partial charge in [-0.25, -0.2) is 6.29 Å². The third-order valence-corrected chi connectivity index (χ3v) is 3.81. The van der Waals surface area contributed by atoms with Gasteiger partial charge in [0.15, 0.2) is 0 Å². The van der Waals surface area contributed by atoms with E-state index in [1.807, 2.05) is 62.5 Å². The van der Waals surface area contributed by atoms with Gasteiger partial charge in [-0.3, -0.25) is 0 Å². The van der Waals surface area contributed by atoms with Crippen LogP contribution in [0, 0.1) is 0 Å². The minimum Gasteiger partial charge on any atom is -0.541 e. The van der Waals surface area contributed by atoms with Crippen molar-refractivity contribution in [3.63, 3.8) is 0 Å². The van der Waals surface area contributed by atoms with E-state index in [2.05, 4.69) is 11.2 Å². The Balaban J connectivity index is 0.00000133. The number of carbonyl (C=O) groups excluding carboxylic acids is 1. The Kier molecular flexibility index (Phi) is 3.93. The van der Waals surface area contributed by atoms with Gasteiger partial charge in [-0.05, 0) is 23.3 Å². The number of para-hydroxylation sites is 2. The standard InChI is InChI=1S/C16H14NO.Y/c1-16(11-18)12-7-3-5-9-14(12)17(2)15-10-6-4-8-13(15)16;/h3-10H,1-2H3;/q-1;. The summed E-state index contributed by atoms with van der Waals surface area (Å²) < 4.78 is 0. The van der Waals surface area contributed by atoms with Gasteiger partial charge in [0.25, 0.3) is 0 Å². The molecule has 0 fully saturated rings. The van der Waals surface area contributed by atoms with Crippen LogP contribution < -0.4 is 4.90 Å². The van der Waals surface area contributed by atoms with E-state index >= 15 is 0 Å². The van der Waals surface area contributed by atoms with Crippen LogP contribution in [0.5, 0.6) is 0 Å². The van der Waals surface area contributed by atoms with Gasteiger partial charge in [0.1, 0.15) is 0 Å². The zero-order valence-electron chi connectivity index (χ0n) is 11.1. The first-order valence-electron chi connectivity index (χ1n) is 6.00. The Morgan fingerprint density at radius 2 is 1.37 bits per heavy atom. The second-order valence-corrected chi connectivity index (χ2v) is 4.82. The monoisotopic (exact) mass is 325 g/mol. The van der Waals surface area contributed by atoms with Crippen LogP contribution in [0.4, 0.5) is 11.4 Å². The average Bonchev–Trinajstić information content (AvgIpc) is 2.45. The van der Waals surface area contributed by atoms with Crippen molar-refractivity contribution >= 4 is 17.7 Å². The minimum absolute atomic E-state index is 0. The topological polar surface area (TPSA) is 20.3 Å². The summed E-state index contributed by atoms with van der Waals surface area (Å²) in [4.78, 5) is 13.7. The maximum absolute atomic E-state index is 11.6. The normalized spacial score (nSPS) is 14.9. The van der Waals surface area contributed by atoms with E-state index in [9.17, 15) is 4.79 Å². The molecule has 0 aromatic heterocycles. The van der Waals surface area contributed by atoms with E-state index in [0.717, 1.165) is 22.5 Å². The summed E-state index contributed by atoms with van der Waals surface area (Å²) in [5.74, 6) is 0. The van der Waals surface area contributed by atoms with Crippen molar-refractivity contribution in [1.29, 1.82) is 0 Å². The van der Waals surface area contributed by atoms with Crippen molar-refractivity contribution in [2.75, 3.05) is 11.9 Å². The molecule has 2 aromatic carbocycles. The van der Waals surface area contributed by atoms with Gasteiger partial charge in [-0.15, -0.1) is 0 Å². The van der Waals surface area contributed by atoms with Gasteiger partial charge in [0.2, 0.25) is 0 Å². The van der Waals surface area contributed by atoms with E-state index in [1.54, 1.807) is 0 Å². The van der Waals surface area contributed by atoms with Gasteiger partial charge in [-0.1, -0.05) is 48.7 Å². The molecule has 0 bridgehead atoms. The van der Waals surface area contributed by atoms with Gasteiger partial charge in [0.05, 0.1) is 0 Å². The van der Waals surface area contributed by atoms with Crippen LogP contribution in [0.15, 0.2) is 48.5 Å². The molecular weight excluding hydrogens is 311 g/mol. The number of benzene rings is 2. The summed E-state index contributed by atoms with van der Waals surface area (Å²) in [6.45, 7) is 1.94. The molecule has 0 N–H and O–H groups in total. The largest absolute Gasteiger partial charge is 0.541 e. The molecule has 1 radical (unpaired) electrons. The van der Waals surface area contributed by atoms with E-state index in [-0.39, 0.29) is 32.7 Å². The molecule has 2 aromatic rings. The molecular formula is C16H14NOY-. The predicted octanol–water partition coefficient (Wildman–Crippen LogP) is 3.18. The number of hydrogen-bond donors (Lipinski definition) is 0. The SMILES string of the molecule is CN1c2ccccc2C(C)([C-]=O)c2ccccc21.[Y]. The molecule has 19 heavy (non-hydrogen) atoms. The molecule has 1 aliphatic rings. The summed E-state index contributed by atoms with van der Waals surface area (Å²) >= 11 is 0. The molecule has 0 atom stereocenters.